The van der Waals surface area contributed by atoms with Crippen LogP contribution in [0.4, 0.5) is 8.78 Å². The molecule has 0 nitrogen and oxygen atoms in total. The van der Waals surface area contributed by atoms with Gasteiger partial charge in [0.05, 0.1) is 5.41 Å². The molecule has 4 aromatic rings. The maximum absolute atomic E-state index is 13.1. The van der Waals surface area contributed by atoms with Gasteiger partial charge in [0, 0.05) is 5.92 Å². The van der Waals surface area contributed by atoms with E-state index in [1.54, 1.807) is 24.3 Å². The average Bonchev–Trinajstić information content (AvgIpc) is 3.46. The molecule has 0 spiro atoms. The van der Waals surface area contributed by atoms with Gasteiger partial charge in [-0.15, -0.1) is 5.73 Å². The highest BCUT2D eigenvalue weighted by Gasteiger charge is 2.59. The van der Waals surface area contributed by atoms with Crippen LogP contribution in [-0.4, -0.2) is 0 Å². The molecule has 1 unspecified atom stereocenters. The average molecular weight is 423 g/mol. The second kappa shape index (κ2) is 9.18. The van der Waals surface area contributed by atoms with E-state index < -0.39 is 0 Å². The molecule has 158 valence electrons. The quantitative estimate of drug-likeness (QED) is 0.294. The molecule has 0 aliphatic heterocycles. The van der Waals surface area contributed by atoms with Crippen molar-refractivity contribution in [1.82, 2.24) is 0 Å². The highest BCUT2D eigenvalue weighted by atomic mass is 19.1. The van der Waals surface area contributed by atoms with Gasteiger partial charge in [-0.2, -0.15) is 0 Å². The van der Waals surface area contributed by atoms with Crippen LogP contribution in [0.1, 0.15) is 18.1 Å². The van der Waals surface area contributed by atoms with Gasteiger partial charge < -0.3 is 0 Å². The Morgan fingerprint density at radius 1 is 0.625 bits per heavy atom. The molecule has 4 aromatic carbocycles. The van der Waals surface area contributed by atoms with Gasteiger partial charge in [-0.3, -0.25) is 0 Å². The van der Waals surface area contributed by atoms with E-state index in [9.17, 15) is 8.78 Å². The molecule has 0 aromatic heterocycles. The number of rotatable bonds is 3. The lowest BCUT2D eigenvalue weighted by Gasteiger charge is -2.17. The lowest BCUT2D eigenvalue weighted by molar-refractivity contribution is 0.623. The van der Waals surface area contributed by atoms with Gasteiger partial charge in [0.1, 0.15) is 11.6 Å². The van der Waals surface area contributed by atoms with Crippen LogP contribution < -0.4 is 0 Å². The van der Waals surface area contributed by atoms with E-state index >= 15 is 0 Å². The first kappa shape index (κ1) is 21.5. The lowest BCUT2D eigenvalue weighted by atomic mass is 9.85. The summed E-state index contributed by atoms with van der Waals surface area (Å²) in [5, 5.41) is 0. The minimum Gasteiger partial charge on any atom is -0.207 e. The fourth-order valence-electron chi connectivity index (χ4n) is 4.44. The molecule has 0 radical (unpaired) electrons. The van der Waals surface area contributed by atoms with Gasteiger partial charge in [0.25, 0.3) is 0 Å². The van der Waals surface area contributed by atoms with E-state index in [-0.39, 0.29) is 23.0 Å². The predicted octanol–water partition coefficient (Wildman–Crippen LogP) is 7.97. The summed E-state index contributed by atoms with van der Waals surface area (Å²) in [6.07, 6.45) is 0. The van der Waals surface area contributed by atoms with Crippen molar-refractivity contribution < 1.29 is 8.78 Å². The fraction of sp³-hybridized carbons (Fsp3) is 0.100. The molecule has 1 aliphatic carbocycles. The van der Waals surface area contributed by atoms with Crippen LogP contribution in [0.15, 0.2) is 127 Å². The molecule has 0 N–H and O–H groups in total. The first-order valence-corrected chi connectivity index (χ1v) is 10.6. The van der Waals surface area contributed by atoms with Gasteiger partial charge in [0.15, 0.2) is 0 Å². The minimum atomic E-state index is -0.344. The van der Waals surface area contributed by atoms with Crippen molar-refractivity contribution >= 4 is 0 Å². The Balaban J connectivity index is 0.000000174. The van der Waals surface area contributed by atoms with E-state index in [1.807, 2.05) is 12.1 Å². The number of benzene rings is 4. The van der Waals surface area contributed by atoms with Gasteiger partial charge in [-0.1, -0.05) is 98.4 Å². The molecule has 0 heterocycles. The van der Waals surface area contributed by atoms with Crippen molar-refractivity contribution in [3.63, 3.8) is 0 Å². The standard InChI is InChI=1S/C18H14F2.C12H10/c1-3-17-12(2)18(17,13-4-8-15(19)9-5-13)14-6-10-16(20)11-7-14;1-3-7-11(8-4-1)12-9-5-2-6-10-12/h4-12H,1H2,2H3;1-10H. The van der Waals surface area contributed by atoms with Crippen molar-refractivity contribution in [2.45, 2.75) is 12.3 Å². The molecule has 5 rings (SSSR count). The predicted molar refractivity (Wildman–Crippen MR) is 127 cm³/mol. The lowest BCUT2D eigenvalue weighted by Crippen LogP contribution is -2.12. The Labute approximate surface area is 188 Å². The Kier molecular flexibility index (Phi) is 6.16. The van der Waals surface area contributed by atoms with Crippen molar-refractivity contribution in [3.05, 3.63) is 150 Å². The van der Waals surface area contributed by atoms with E-state index in [0.29, 0.717) is 0 Å². The van der Waals surface area contributed by atoms with Crippen LogP contribution in [0, 0.1) is 17.6 Å². The molecule has 1 saturated carbocycles. The van der Waals surface area contributed by atoms with Gasteiger partial charge in [-0.25, -0.2) is 8.78 Å². The zero-order valence-electron chi connectivity index (χ0n) is 17.9. The molecular formula is C30H24F2. The monoisotopic (exact) mass is 422 g/mol. The summed E-state index contributed by atoms with van der Waals surface area (Å²) >= 11 is 0. The third-order valence-corrected chi connectivity index (χ3v) is 6.09. The smallest absolute Gasteiger partial charge is 0.123 e. The maximum atomic E-state index is 13.1. The fourth-order valence-corrected chi connectivity index (χ4v) is 4.44. The zero-order chi connectivity index (χ0) is 22.6. The van der Waals surface area contributed by atoms with Gasteiger partial charge >= 0.3 is 0 Å². The number of hydrogen-bond acceptors (Lipinski definition) is 0. The second-order valence-corrected chi connectivity index (χ2v) is 7.87. The molecule has 32 heavy (non-hydrogen) atoms. The number of hydrogen-bond donors (Lipinski definition) is 0. The topological polar surface area (TPSA) is 0 Å². The first-order chi connectivity index (χ1) is 15.6. The van der Waals surface area contributed by atoms with Crippen LogP contribution in [0.2, 0.25) is 0 Å². The summed E-state index contributed by atoms with van der Waals surface area (Å²) in [7, 11) is 0. The Hall–Kier alpha value is -3.74. The first-order valence-electron chi connectivity index (χ1n) is 10.6. The van der Waals surface area contributed by atoms with Crippen molar-refractivity contribution in [1.29, 1.82) is 0 Å². The minimum absolute atomic E-state index is 0.232. The van der Waals surface area contributed by atoms with Crippen LogP contribution >= 0.6 is 0 Å². The molecule has 0 saturated heterocycles. The molecule has 1 fully saturated rings. The largest absolute Gasteiger partial charge is 0.207 e. The number of allylic oxidation sites excluding steroid dienone is 1. The van der Waals surface area contributed by atoms with E-state index in [1.165, 1.54) is 35.4 Å². The summed E-state index contributed by atoms with van der Waals surface area (Å²) in [5.74, 6) is -0.295. The number of halogens is 2. The zero-order valence-corrected chi connectivity index (χ0v) is 17.9. The highest BCUT2D eigenvalue weighted by Crippen LogP contribution is 2.62. The van der Waals surface area contributed by atoms with E-state index in [4.69, 9.17) is 0 Å². The van der Waals surface area contributed by atoms with Crippen LogP contribution in [0.3, 0.4) is 0 Å². The van der Waals surface area contributed by atoms with Crippen molar-refractivity contribution in [3.8, 4) is 11.1 Å². The Morgan fingerprint density at radius 2 is 1.00 bits per heavy atom. The summed E-state index contributed by atoms with van der Waals surface area (Å²) in [5.41, 5.74) is 8.24. The molecule has 1 atom stereocenters. The highest BCUT2D eigenvalue weighted by molar-refractivity contribution is 5.63. The molecular weight excluding hydrogens is 398 g/mol. The Bertz CT molecular complexity index is 1130. The van der Waals surface area contributed by atoms with Crippen LogP contribution in [-0.2, 0) is 5.41 Å². The Morgan fingerprint density at radius 3 is 1.31 bits per heavy atom. The normalized spacial score (nSPS) is 15.8. The third-order valence-electron chi connectivity index (χ3n) is 6.09. The molecule has 0 amide bonds. The summed E-state index contributed by atoms with van der Waals surface area (Å²) < 4.78 is 26.3. The summed E-state index contributed by atoms with van der Waals surface area (Å²) in [6, 6.07) is 33.7. The van der Waals surface area contributed by atoms with Crippen LogP contribution in [0.25, 0.3) is 11.1 Å². The molecule has 2 heteroatoms. The van der Waals surface area contributed by atoms with Gasteiger partial charge in [0.2, 0.25) is 0 Å². The van der Waals surface area contributed by atoms with Gasteiger partial charge in [-0.05, 0) is 52.1 Å². The maximum Gasteiger partial charge on any atom is 0.123 e. The van der Waals surface area contributed by atoms with Crippen molar-refractivity contribution in [2.75, 3.05) is 0 Å². The van der Waals surface area contributed by atoms with Crippen molar-refractivity contribution in [2.24, 2.45) is 5.92 Å². The van der Waals surface area contributed by atoms with Crippen LogP contribution in [0.5, 0.6) is 0 Å². The molecule has 1 aliphatic rings. The van der Waals surface area contributed by atoms with E-state index in [2.05, 4.69) is 67.8 Å². The summed E-state index contributed by atoms with van der Waals surface area (Å²) in [6.45, 7) is 5.83. The van der Waals surface area contributed by atoms with E-state index in [0.717, 1.165) is 16.7 Å². The molecule has 0 bridgehead atoms. The SMILES string of the molecule is C=C=C1C(C)C1(c1ccc(F)cc1)c1ccc(F)cc1.c1ccc(-c2ccccc2)cc1. The third kappa shape index (κ3) is 4.06. The second-order valence-electron chi connectivity index (χ2n) is 7.87. The summed E-state index contributed by atoms with van der Waals surface area (Å²) in [4.78, 5) is 0.